The van der Waals surface area contributed by atoms with Crippen molar-refractivity contribution >= 4 is 0 Å². The van der Waals surface area contributed by atoms with Crippen LogP contribution in [0.15, 0.2) is 48.8 Å². The van der Waals surface area contributed by atoms with Crippen LogP contribution in [0.1, 0.15) is 30.5 Å². The topological polar surface area (TPSA) is 97.0 Å². The first kappa shape index (κ1) is 23.9. The molecule has 1 aliphatic heterocycles. The zero-order valence-corrected chi connectivity index (χ0v) is 18.4. The van der Waals surface area contributed by atoms with Crippen molar-refractivity contribution in [3.8, 4) is 28.7 Å². The molecule has 2 heterocycles. The fourth-order valence-electron chi connectivity index (χ4n) is 3.66. The van der Waals surface area contributed by atoms with E-state index in [2.05, 4.69) is 16.8 Å². The molecule has 2 aromatic carbocycles. The molecule has 7 nitrogen and oxygen atoms in total. The third kappa shape index (κ3) is 4.95. The van der Waals surface area contributed by atoms with Crippen LogP contribution >= 0.6 is 0 Å². The molecule has 1 aliphatic rings. The summed E-state index contributed by atoms with van der Waals surface area (Å²) >= 11 is 0. The second-order valence-corrected chi connectivity index (χ2v) is 7.91. The highest BCUT2D eigenvalue weighted by atomic mass is 19.2. The SMILES string of the molecule is CC(O)c1nccn1[C@@H](C#Cc1ccc(-c2ccc(OC3COC[C@H]3O)c(F)c2F)cc1)CO. The third-order valence-corrected chi connectivity index (χ3v) is 5.49. The molecule has 3 aromatic rings. The van der Waals surface area contributed by atoms with Crippen LogP contribution in [-0.4, -0.2) is 56.9 Å². The smallest absolute Gasteiger partial charge is 0.201 e. The average Bonchev–Trinajstić information content (AvgIpc) is 3.48. The van der Waals surface area contributed by atoms with Gasteiger partial charge in [-0.3, -0.25) is 0 Å². The van der Waals surface area contributed by atoms with E-state index in [4.69, 9.17) is 9.47 Å². The molecule has 1 aromatic heterocycles. The lowest BCUT2D eigenvalue weighted by Crippen LogP contribution is -2.30. The van der Waals surface area contributed by atoms with Crippen LogP contribution in [-0.2, 0) is 4.74 Å². The lowest BCUT2D eigenvalue weighted by Gasteiger charge is -2.17. The minimum atomic E-state index is -1.14. The van der Waals surface area contributed by atoms with Crippen molar-refractivity contribution in [1.29, 1.82) is 0 Å². The third-order valence-electron chi connectivity index (χ3n) is 5.49. The highest BCUT2D eigenvalue weighted by Crippen LogP contribution is 2.31. The molecule has 1 fully saturated rings. The Morgan fingerprint density at radius 3 is 2.59 bits per heavy atom. The summed E-state index contributed by atoms with van der Waals surface area (Å²) in [5.74, 6) is 3.79. The Labute approximate surface area is 195 Å². The van der Waals surface area contributed by atoms with Gasteiger partial charge in [0.05, 0.1) is 19.8 Å². The van der Waals surface area contributed by atoms with Gasteiger partial charge < -0.3 is 29.4 Å². The van der Waals surface area contributed by atoms with Crippen LogP contribution in [0.5, 0.6) is 5.75 Å². The first-order chi connectivity index (χ1) is 16.4. The summed E-state index contributed by atoms with van der Waals surface area (Å²) in [6.07, 6.45) is 0.697. The van der Waals surface area contributed by atoms with Gasteiger partial charge in [0.25, 0.3) is 0 Å². The number of ether oxygens (including phenoxy) is 2. The van der Waals surface area contributed by atoms with Gasteiger partial charge in [-0.25, -0.2) is 9.37 Å². The number of rotatable bonds is 6. The summed E-state index contributed by atoms with van der Waals surface area (Å²) in [6, 6.07) is 8.68. The monoisotopic (exact) mass is 470 g/mol. The predicted molar refractivity (Wildman–Crippen MR) is 119 cm³/mol. The van der Waals surface area contributed by atoms with E-state index >= 15 is 0 Å². The molecule has 4 rings (SSSR count). The van der Waals surface area contributed by atoms with Crippen molar-refractivity contribution in [2.24, 2.45) is 0 Å². The van der Waals surface area contributed by atoms with Crippen molar-refractivity contribution in [2.45, 2.75) is 31.3 Å². The molecular formula is C25H24F2N2O5. The van der Waals surface area contributed by atoms with Gasteiger partial charge >= 0.3 is 0 Å². The maximum Gasteiger partial charge on any atom is 0.201 e. The van der Waals surface area contributed by atoms with E-state index in [0.717, 1.165) is 0 Å². The molecule has 0 radical (unpaired) electrons. The summed E-state index contributed by atoms with van der Waals surface area (Å²) in [5, 5.41) is 29.3. The van der Waals surface area contributed by atoms with Crippen LogP contribution in [0, 0.1) is 23.5 Å². The number of benzene rings is 2. The van der Waals surface area contributed by atoms with Crippen LogP contribution in [0.3, 0.4) is 0 Å². The number of imidazole rings is 1. The highest BCUT2D eigenvalue weighted by Gasteiger charge is 2.29. The minimum Gasteiger partial charge on any atom is -0.482 e. The molecule has 9 heteroatoms. The number of nitrogens with zero attached hydrogens (tertiary/aromatic N) is 2. The van der Waals surface area contributed by atoms with E-state index in [1.165, 1.54) is 18.3 Å². The fourth-order valence-corrected chi connectivity index (χ4v) is 3.66. The fraction of sp³-hybridized carbons (Fsp3) is 0.320. The zero-order chi connectivity index (χ0) is 24.2. The van der Waals surface area contributed by atoms with Crippen molar-refractivity contribution in [2.75, 3.05) is 19.8 Å². The van der Waals surface area contributed by atoms with E-state index in [9.17, 15) is 24.1 Å². The Morgan fingerprint density at radius 1 is 1.18 bits per heavy atom. The van der Waals surface area contributed by atoms with Gasteiger partial charge in [0, 0.05) is 23.5 Å². The molecule has 0 saturated carbocycles. The Morgan fingerprint density at radius 2 is 1.94 bits per heavy atom. The molecule has 0 spiro atoms. The predicted octanol–water partition coefficient (Wildman–Crippen LogP) is 2.61. The van der Waals surface area contributed by atoms with E-state index in [0.29, 0.717) is 17.0 Å². The van der Waals surface area contributed by atoms with Gasteiger partial charge in [-0.05, 0) is 36.8 Å². The normalized spacial score (nSPS) is 19.4. The largest absolute Gasteiger partial charge is 0.482 e. The van der Waals surface area contributed by atoms with E-state index in [-0.39, 0.29) is 31.1 Å². The van der Waals surface area contributed by atoms with Crippen LogP contribution in [0.4, 0.5) is 8.78 Å². The van der Waals surface area contributed by atoms with Crippen LogP contribution in [0.2, 0.25) is 0 Å². The lowest BCUT2D eigenvalue weighted by atomic mass is 10.0. The van der Waals surface area contributed by atoms with Gasteiger partial charge in [-0.2, -0.15) is 4.39 Å². The minimum absolute atomic E-state index is 0.0563. The molecule has 0 aliphatic carbocycles. The van der Waals surface area contributed by atoms with Crippen molar-refractivity contribution in [1.82, 2.24) is 9.55 Å². The maximum atomic E-state index is 14.7. The number of aliphatic hydroxyl groups excluding tert-OH is 3. The quantitative estimate of drug-likeness (QED) is 0.480. The number of aromatic nitrogens is 2. The second kappa shape index (κ2) is 10.3. The molecular weight excluding hydrogens is 446 g/mol. The Balaban J connectivity index is 1.52. The molecule has 3 N–H and O–H groups in total. The first-order valence-corrected chi connectivity index (χ1v) is 10.7. The number of hydrogen-bond acceptors (Lipinski definition) is 6. The molecule has 4 atom stereocenters. The second-order valence-electron chi connectivity index (χ2n) is 7.91. The van der Waals surface area contributed by atoms with Crippen molar-refractivity contribution in [3.63, 3.8) is 0 Å². The summed E-state index contributed by atoms with van der Waals surface area (Å²) in [6.45, 7) is 1.49. The number of halogens is 2. The van der Waals surface area contributed by atoms with E-state index in [1.807, 2.05) is 0 Å². The highest BCUT2D eigenvalue weighted by molar-refractivity contribution is 5.66. The number of hydrogen-bond donors (Lipinski definition) is 3. The Kier molecular flexibility index (Phi) is 7.24. The molecule has 0 bridgehead atoms. The molecule has 1 saturated heterocycles. The van der Waals surface area contributed by atoms with Gasteiger partial charge in [0.1, 0.15) is 24.1 Å². The van der Waals surface area contributed by atoms with Gasteiger partial charge in [-0.1, -0.05) is 24.0 Å². The molecule has 2 unspecified atom stereocenters. The molecule has 178 valence electrons. The first-order valence-electron chi connectivity index (χ1n) is 10.7. The Bertz CT molecular complexity index is 1200. The van der Waals surface area contributed by atoms with Gasteiger partial charge in [0.2, 0.25) is 5.82 Å². The summed E-state index contributed by atoms with van der Waals surface area (Å²) in [4.78, 5) is 4.08. The van der Waals surface area contributed by atoms with Crippen LogP contribution < -0.4 is 4.74 Å². The van der Waals surface area contributed by atoms with Gasteiger partial charge in [-0.15, -0.1) is 0 Å². The summed E-state index contributed by atoms with van der Waals surface area (Å²) in [7, 11) is 0. The zero-order valence-electron chi connectivity index (χ0n) is 18.4. The molecule has 0 amide bonds. The Hall–Kier alpha value is -3.29. The summed E-state index contributed by atoms with van der Waals surface area (Å²) in [5.41, 5.74) is 1.11. The van der Waals surface area contributed by atoms with Gasteiger partial charge in [0.15, 0.2) is 17.7 Å². The number of aliphatic hydroxyl groups is 3. The average molecular weight is 470 g/mol. The van der Waals surface area contributed by atoms with Crippen molar-refractivity contribution < 1.29 is 33.6 Å². The maximum absolute atomic E-state index is 14.7. The lowest BCUT2D eigenvalue weighted by molar-refractivity contribution is 0.0703. The summed E-state index contributed by atoms with van der Waals surface area (Å²) < 4.78 is 41.4. The molecule has 34 heavy (non-hydrogen) atoms. The van der Waals surface area contributed by atoms with Crippen molar-refractivity contribution in [3.05, 3.63) is 71.8 Å². The standard InChI is InChI=1S/C25H24F2N2O5/c1-15(31)25-28-10-11-29(25)18(12-30)7-4-16-2-5-17(6-3-16)19-8-9-21(24(27)23(19)26)34-22-14-33-13-20(22)32/h2-3,5-6,8-11,15,18,20,22,30-32H,12-14H2,1H3/t15?,18-,20+,22?/m0/s1. The van der Waals surface area contributed by atoms with E-state index < -0.39 is 36.0 Å². The van der Waals surface area contributed by atoms with Crippen LogP contribution in [0.25, 0.3) is 11.1 Å². The van der Waals surface area contributed by atoms with E-state index in [1.54, 1.807) is 42.0 Å².